The zero-order valence-corrected chi connectivity index (χ0v) is 20.4. The molecule has 34 heavy (non-hydrogen) atoms. The zero-order valence-electron chi connectivity index (χ0n) is 18.8. The van der Waals surface area contributed by atoms with Crippen LogP contribution in [0.15, 0.2) is 65.2 Å². The average Bonchev–Trinajstić information content (AvgIpc) is 2.84. The van der Waals surface area contributed by atoms with Crippen LogP contribution in [0, 0.1) is 0 Å². The molecule has 10 heteroatoms. The van der Waals surface area contributed by atoms with Crippen molar-refractivity contribution >= 4 is 33.6 Å². The smallest absolute Gasteiger partial charge is 0.412 e. The number of hydrogen-bond acceptors (Lipinski definition) is 7. The van der Waals surface area contributed by atoms with E-state index in [0.717, 1.165) is 4.47 Å². The molecule has 2 amide bonds. The summed E-state index contributed by atoms with van der Waals surface area (Å²) >= 11 is 3.35. The highest BCUT2D eigenvalue weighted by molar-refractivity contribution is 9.10. The Bertz CT molecular complexity index is 937. The Kier molecular flexibility index (Phi) is 12.1. The maximum atomic E-state index is 12.7. The van der Waals surface area contributed by atoms with Crippen molar-refractivity contribution in [2.24, 2.45) is 0 Å². The van der Waals surface area contributed by atoms with Crippen molar-refractivity contribution in [2.45, 2.75) is 32.0 Å². The summed E-state index contributed by atoms with van der Waals surface area (Å²) in [4.78, 5) is 24.0. The Morgan fingerprint density at radius 1 is 1.18 bits per heavy atom. The van der Waals surface area contributed by atoms with Crippen molar-refractivity contribution in [3.8, 4) is 5.75 Å². The van der Waals surface area contributed by atoms with Crippen LogP contribution in [0.3, 0.4) is 0 Å². The van der Waals surface area contributed by atoms with Gasteiger partial charge in [-0.15, -0.1) is 0 Å². The van der Waals surface area contributed by atoms with Crippen LogP contribution >= 0.6 is 15.9 Å². The lowest BCUT2D eigenvalue weighted by Crippen LogP contribution is -2.29. The first-order chi connectivity index (χ1) is 16.5. The summed E-state index contributed by atoms with van der Waals surface area (Å²) in [6.07, 6.45) is 1.70. The fourth-order valence-corrected chi connectivity index (χ4v) is 3.39. The van der Waals surface area contributed by atoms with Crippen LogP contribution < -0.4 is 15.5 Å². The number of carbonyl (C=O) groups is 2. The van der Waals surface area contributed by atoms with Crippen molar-refractivity contribution in [1.82, 2.24) is 5.48 Å². The van der Waals surface area contributed by atoms with Gasteiger partial charge in [-0.3, -0.25) is 15.3 Å². The van der Waals surface area contributed by atoms with Gasteiger partial charge in [0.2, 0.25) is 0 Å². The number of allylic oxidation sites excluding steroid dienone is 1. The number of rotatable bonds is 13. The highest BCUT2D eigenvalue weighted by Crippen LogP contribution is 2.30. The third kappa shape index (κ3) is 9.52. The first-order valence-electron chi connectivity index (χ1n) is 10.8. The van der Waals surface area contributed by atoms with Crippen LogP contribution in [0.5, 0.6) is 5.75 Å². The highest BCUT2D eigenvalue weighted by atomic mass is 79.9. The van der Waals surface area contributed by atoms with E-state index in [0.29, 0.717) is 36.4 Å². The minimum absolute atomic E-state index is 0.130. The average molecular weight is 537 g/mol. The van der Waals surface area contributed by atoms with Crippen LogP contribution in [0.2, 0.25) is 0 Å². The number of ether oxygens (including phenoxy) is 3. The molecule has 0 spiro atoms. The summed E-state index contributed by atoms with van der Waals surface area (Å²) in [5, 5.41) is 20.4. The second-order valence-electron chi connectivity index (χ2n) is 7.05. The SMILES string of the molecule is CCO[C@@H](CC/C=C/C(=O)NO)[C@@H](OC(=O)Nc1ccc(Br)cc1)c1cccc(OCCO)c1. The lowest BCUT2D eigenvalue weighted by Gasteiger charge is -2.27. The number of nitrogens with one attached hydrogen (secondary N) is 2. The molecular formula is C24H29BrN2O7. The summed E-state index contributed by atoms with van der Waals surface area (Å²) in [5.41, 5.74) is 2.75. The predicted molar refractivity (Wildman–Crippen MR) is 130 cm³/mol. The summed E-state index contributed by atoms with van der Waals surface area (Å²) in [7, 11) is 0. The van der Waals surface area contributed by atoms with Gasteiger partial charge >= 0.3 is 6.09 Å². The number of amides is 2. The first-order valence-corrected chi connectivity index (χ1v) is 11.5. The molecule has 0 saturated carbocycles. The molecule has 0 saturated heterocycles. The lowest BCUT2D eigenvalue weighted by atomic mass is 10.00. The number of anilines is 1. The molecule has 2 rings (SSSR count). The van der Waals surface area contributed by atoms with E-state index >= 15 is 0 Å². The number of aliphatic hydroxyl groups is 1. The van der Waals surface area contributed by atoms with Crippen molar-refractivity contribution in [1.29, 1.82) is 0 Å². The van der Waals surface area contributed by atoms with E-state index in [4.69, 9.17) is 24.5 Å². The molecule has 184 valence electrons. The fraction of sp³-hybridized carbons (Fsp3) is 0.333. The maximum absolute atomic E-state index is 12.7. The molecule has 0 bridgehead atoms. The number of hydroxylamine groups is 1. The molecule has 0 radical (unpaired) electrons. The van der Waals surface area contributed by atoms with Crippen molar-refractivity contribution < 1.29 is 34.1 Å². The Labute approximate surface area is 206 Å². The second-order valence-corrected chi connectivity index (χ2v) is 7.97. The van der Waals surface area contributed by atoms with Crippen molar-refractivity contribution in [3.05, 3.63) is 70.7 Å². The number of carbonyl (C=O) groups excluding carboxylic acids is 2. The number of benzene rings is 2. The van der Waals surface area contributed by atoms with Gasteiger partial charge in [-0.05, 0) is 61.7 Å². The molecule has 2 atom stereocenters. The van der Waals surface area contributed by atoms with Crippen LogP contribution in [0.4, 0.5) is 10.5 Å². The molecule has 0 aromatic heterocycles. The second kappa shape index (κ2) is 15.1. The van der Waals surface area contributed by atoms with Gasteiger partial charge in [-0.1, -0.05) is 34.1 Å². The van der Waals surface area contributed by atoms with E-state index in [1.165, 1.54) is 11.6 Å². The zero-order chi connectivity index (χ0) is 24.8. The van der Waals surface area contributed by atoms with E-state index in [1.54, 1.807) is 54.6 Å². The first kappa shape index (κ1) is 27.3. The normalized spacial score (nSPS) is 12.7. The molecule has 0 aliphatic heterocycles. The van der Waals surface area contributed by atoms with Crippen LogP contribution in [-0.2, 0) is 14.3 Å². The summed E-state index contributed by atoms with van der Waals surface area (Å²) < 4.78 is 18.1. The van der Waals surface area contributed by atoms with E-state index < -0.39 is 24.2 Å². The largest absolute Gasteiger partial charge is 0.491 e. The standard InChI is InChI=1S/C24H29BrN2O7/c1-2-32-21(8-3-4-9-22(29)27-31)23(17-6-5-7-20(16-17)33-15-14-28)34-24(30)26-19-12-10-18(25)11-13-19/h4-7,9-13,16,21,23,28,31H,2-3,8,14-15H2,1H3,(H,26,30)(H,27,29)/b9-4+/t21-,23-/m0/s1. The third-order valence-electron chi connectivity index (χ3n) is 4.59. The van der Waals surface area contributed by atoms with Gasteiger partial charge in [0.05, 0.1) is 12.7 Å². The van der Waals surface area contributed by atoms with Gasteiger partial charge in [0.25, 0.3) is 5.91 Å². The van der Waals surface area contributed by atoms with E-state index in [1.807, 2.05) is 6.92 Å². The monoisotopic (exact) mass is 536 g/mol. The van der Waals surface area contributed by atoms with Crippen LogP contribution in [0.1, 0.15) is 31.4 Å². The molecule has 2 aromatic carbocycles. The Morgan fingerprint density at radius 3 is 2.62 bits per heavy atom. The minimum Gasteiger partial charge on any atom is -0.491 e. The van der Waals surface area contributed by atoms with Crippen molar-refractivity contribution in [2.75, 3.05) is 25.1 Å². The van der Waals surface area contributed by atoms with Crippen LogP contribution in [-0.4, -0.2) is 48.2 Å². The number of halogens is 1. The molecule has 0 fully saturated rings. The molecule has 4 N–H and O–H groups in total. The quantitative estimate of drug-likeness (QED) is 0.170. The van der Waals surface area contributed by atoms with Gasteiger partial charge in [0.15, 0.2) is 6.10 Å². The minimum atomic E-state index is -0.784. The summed E-state index contributed by atoms with van der Waals surface area (Å²) in [6.45, 7) is 2.21. The molecule has 9 nitrogen and oxygen atoms in total. The molecule has 2 aromatic rings. The Hall–Kier alpha value is -2.92. The van der Waals surface area contributed by atoms with Gasteiger partial charge < -0.3 is 19.3 Å². The van der Waals surface area contributed by atoms with Gasteiger partial charge in [0, 0.05) is 22.8 Å². The number of aliphatic hydroxyl groups excluding tert-OH is 1. The van der Waals surface area contributed by atoms with Gasteiger partial charge in [-0.25, -0.2) is 10.3 Å². The lowest BCUT2D eigenvalue weighted by molar-refractivity contribution is -0.124. The maximum Gasteiger partial charge on any atom is 0.412 e. The topological polar surface area (TPSA) is 126 Å². The fourth-order valence-electron chi connectivity index (χ4n) is 3.12. The molecule has 0 unspecified atom stereocenters. The van der Waals surface area contributed by atoms with Gasteiger partial charge in [0.1, 0.15) is 12.4 Å². The highest BCUT2D eigenvalue weighted by Gasteiger charge is 2.28. The van der Waals surface area contributed by atoms with E-state index in [2.05, 4.69) is 21.2 Å². The van der Waals surface area contributed by atoms with Gasteiger partial charge in [-0.2, -0.15) is 0 Å². The molecule has 0 aliphatic rings. The third-order valence-corrected chi connectivity index (χ3v) is 5.12. The summed E-state index contributed by atoms with van der Waals surface area (Å²) in [6, 6.07) is 14.1. The Morgan fingerprint density at radius 2 is 1.94 bits per heavy atom. The predicted octanol–water partition coefficient (Wildman–Crippen LogP) is 4.36. The van der Waals surface area contributed by atoms with E-state index in [-0.39, 0.29) is 13.2 Å². The molecule has 0 heterocycles. The van der Waals surface area contributed by atoms with Crippen molar-refractivity contribution in [3.63, 3.8) is 0 Å². The van der Waals surface area contributed by atoms with E-state index in [9.17, 15) is 9.59 Å². The van der Waals surface area contributed by atoms with Crippen LogP contribution in [0.25, 0.3) is 0 Å². The number of hydrogen-bond donors (Lipinski definition) is 4. The molecular weight excluding hydrogens is 508 g/mol. The Balaban J connectivity index is 2.24. The summed E-state index contributed by atoms with van der Waals surface area (Å²) in [5.74, 6) is -0.119. The molecule has 0 aliphatic carbocycles.